The Hall–Kier alpha value is -1.49. The van der Waals surface area contributed by atoms with Crippen LogP contribution in [0, 0.1) is 0 Å². The van der Waals surface area contributed by atoms with E-state index in [1.54, 1.807) is 0 Å². The average molecular weight is 439 g/mol. The normalized spacial score (nSPS) is 13.5. The molecule has 0 heterocycles. The van der Waals surface area contributed by atoms with Crippen LogP contribution in [-0.4, -0.2) is 67.8 Å². The minimum Gasteiger partial charge on any atom is -0.466 e. The number of ether oxygens (including phenoxy) is 3. The number of carbonyl (C=O) groups is 2. The molecule has 2 atom stereocenters. The highest BCUT2D eigenvalue weighted by Gasteiger charge is 2.35. The molecule has 0 aromatic rings. The fourth-order valence-corrected chi connectivity index (χ4v) is 3.03. The van der Waals surface area contributed by atoms with E-state index in [-0.39, 0.29) is 19.8 Å². The predicted molar refractivity (Wildman–Crippen MR) is 107 cm³/mol. The summed E-state index contributed by atoms with van der Waals surface area (Å²) in [6.07, 6.45) is 6.59. The van der Waals surface area contributed by atoms with Gasteiger partial charge in [0, 0.05) is 0 Å². The lowest BCUT2D eigenvalue weighted by atomic mass is 10.1. The number of aliphatic hydroxyl groups is 1. The van der Waals surface area contributed by atoms with Crippen molar-refractivity contribution in [2.45, 2.75) is 69.6 Å². The van der Waals surface area contributed by atoms with E-state index in [2.05, 4.69) is 18.2 Å². The number of hydrogen-bond donors (Lipinski definition) is 2. The first-order chi connectivity index (χ1) is 13.7. The van der Waals surface area contributed by atoms with E-state index in [4.69, 9.17) is 9.47 Å². The van der Waals surface area contributed by atoms with Crippen molar-refractivity contribution in [1.29, 1.82) is 0 Å². The summed E-state index contributed by atoms with van der Waals surface area (Å²) in [7, 11) is -4.88. The van der Waals surface area contributed by atoms with Crippen LogP contribution in [0.25, 0.3) is 0 Å². The fourth-order valence-electron chi connectivity index (χ4n) is 2.37. The van der Waals surface area contributed by atoms with Crippen molar-refractivity contribution in [3.05, 3.63) is 12.7 Å². The molecular formula is C19H34O9S. The molecule has 29 heavy (non-hydrogen) atoms. The van der Waals surface area contributed by atoms with Crippen LogP contribution >= 0.6 is 0 Å². The van der Waals surface area contributed by atoms with Crippen LogP contribution in [0.1, 0.15) is 58.3 Å². The van der Waals surface area contributed by atoms with E-state index in [9.17, 15) is 27.7 Å². The highest BCUT2D eigenvalue weighted by Crippen LogP contribution is 2.11. The molecule has 0 radical (unpaired) electrons. The molecule has 0 amide bonds. The van der Waals surface area contributed by atoms with Crippen molar-refractivity contribution in [3.8, 4) is 0 Å². The topological polar surface area (TPSA) is 136 Å². The number of hydrogen-bond acceptors (Lipinski definition) is 8. The maximum atomic E-state index is 11.9. The maximum absolute atomic E-state index is 11.9. The molecule has 0 aliphatic heterocycles. The van der Waals surface area contributed by atoms with Gasteiger partial charge in [0.2, 0.25) is 0 Å². The number of aliphatic hydroxyl groups excluding tert-OH is 1. The first-order valence-corrected chi connectivity index (χ1v) is 11.4. The summed E-state index contributed by atoms with van der Waals surface area (Å²) in [5.74, 6) is -2.27. The third kappa shape index (κ3) is 15.1. The number of carbonyl (C=O) groups excluding carboxylic acids is 2. The van der Waals surface area contributed by atoms with E-state index in [0.717, 1.165) is 25.7 Å². The van der Waals surface area contributed by atoms with Crippen LogP contribution in [0.15, 0.2) is 12.7 Å². The van der Waals surface area contributed by atoms with Gasteiger partial charge < -0.3 is 19.3 Å². The van der Waals surface area contributed by atoms with Crippen LogP contribution in [-0.2, 0) is 33.9 Å². The summed E-state index contributed by atoms with van der Waals surface area (Å²) in [5, 5.41) is 7.48. The highest BCUT2D eigenvalue weighted by molar-refractivity contribution is 7.87. The SMILES string of the molecule is C=CCOCC(O)COC(=O)C(CC(=O)OCCCCCCCCC)S(=O)(=O)O. The second-order valence-electron chi connectivity index (χ2n) is 6.66. The Morgan fingerprint density at radius 1 is 1.03 bits per heavy atom. The van der Waals surface area contributed by atoms with Gasteiger partial charge in [-0.15, -0.1) is 6.58 Å². The number of unbranched alkanes of at least 4 members (excludes halogenated alkanes) is 6. The van der Waals surface area contributed by atoms with Gasteiger partial charge in [0.25, 0.3) is 10.1 Å². The minimum absolute atomic E-state index is 0.110. The number of esters is 2. The van der Waals surface area contributed by atoms with Crippen LogP contribution in [0.5, 0.6) is 0 Å². The van der Waals surface area contributed by atoms with Crippen molar-refractivity contribution >= 4 is 22.1 Å². The fraction of sp³-hybridized carbons (Fsp3) is 0.789. The minimum atomic E-state index is -4.88. The van der Waals surface area contributed by atoms with Crippen molar-refractivity contribution in [2.75, 3.05) is 26.4 Å². The number of rotatable bonds is 18. The first kappa shape index (κ1) is 27.5. The molecule has 0 saturated heterocycles. The molecule has 2 unspecified atom stereocenters. The monoisotopic (exact) mass is 438 g/mol. The molecule has 0 aliphatic rings. The average Bonchev–Trinajstić information content (AvgIpc) is 2.65. The Labute approximate surface area is 173 Å². The zero-order valence-corrected chi connectivity index (χ0v) is 17.9. The molecule has 0 spiro atoms. The second kappa shape index (κ2) is 16.3. The summed E-state index contributed by atoms with van der Waals surface area (Å²) < 4.78 is 46.6. The van der Waals surface area contributed by atoms with Gasteiger partial charge >= 0.3 is 11.9 Å². The van der Waals surface area contributed by atoms with Gasteiger partial charge in [0.05, 0.1) is 26.2 Å². The van der Waals surface area contributed by atoms with Gasteiger partial charge in [-0.25, -0.2) is 0 Å². The Morgan fingerprint density at radius 2 is 1.66 bits per heavy atom. The molecule has 0 saturated carbocycles. The summed E-state index contributed by atoms with van der Waals surface area (Å²) in [6.45, 7) is 5.15. The van der Waals surface area contributed by atoms with Gasteiger partial charge in [-0.2, -0.15) is 8.42 Å². The molecule has 2 N–H and O–H groups in total. The molecule has 0 rings (SSSR count). The van der Waals surface area contributed by atoms with Gasteiger partial charge in [-0.3, -0.25) is 14.1 Å². The van der Waals surface area contributed by atoms with Crippen LogP contribution in [0.2, 0.25) is 0 Å². The Kier molecular flexibility index (Phi) is 15.5. The van der Waals surface area contributed by atoms with E-state index in [0.29, 0.717) is 6.42 Å². The summed E-state index contributed by atoms with van der Waals surface area (Å²) in [5.41, 5.74) is 0. The third-order valence-electron chi connectivity index (χ3n) is 3.95. The highest BCUT2D eigenvalue weighted by atomic mass is 32.2. The first-order valence-electron chi connectivity index (χ1n) is 9.87. The zero-order chi connectivity index (χ0) is 22.1. The molecule has 0 aliphatic carbocycles. The van der Waals surface area contributed by atoms with E-state index in [1.165, 1.54) is 18.9 Å². The predicted octanol–water partition coefficient (Wildman–Crippen LogP) is 2.03. The maximum Gasteiger partial charge on any atom is 0.327 e. The molecule has 170 valence electrons. The second-order valence-corrected chi connectivity index (χ2v) is 8.26. The molecule has 0 aromatic heterocycles. The van der Waals surface area contributed by atoms with Gasteiger partial charge in [-0.05, 0) is 6.42 Å². The molecule has 9 nitrogen and oxygen atoms in total. The summed E-state index contributed by atoms with van der Waals surface area (Å²) >= 11 is 0. The molecular weight excluding hydrogens is 404 g/mol. The van der Waals surface area contributed by atoms with E-state index < -0.39 is 46.4 Å². The Balaban J connectivity index is 4.28. The molecule has 10 heteroatoms. The van der Waals surface area contributed by atoms with Crippen molar-refractivity contribution in [3.63, 3.8) is 0 Å². The van der Waals surface area contributed by atoms with Crippen molar-refractivity contribution in [2.24, 2.45) is 0 Å². The lowest BCUT2D eigenvalue weighted by Crippen LogP contribution is -2.36. The van der Waals surface area contributed by atoms with Gasteiger partial charge in [0.1, 0.15) is 12.7 Å². The summed E-state index contributed by atoms with van der Waals surface area (Å²) in [4.78, 5) is 23.7. The lowest BCUT2D eigenvalue weighted by molar-refractivity contribution is -0.152. The smallest absolute Gasteiger partial charge is 0.327 e. The van der Waals surface area contributed by atoms with E-state index in [1.807, 2.05) is 0 Å². The summed E-state index contributed by atoms with van der Waals surface area (Å²) in [6, 6.07) is 0. The standard InChI is InChI=1S/C19H34O9S/c1-3-5-6-7-8-9-10-12-27-18(21)13-17(29(23,24)25)19(22)28-15-16(20)14-26-11-4-2/h4,16-17,20H,2-3,5-15H2,1H3,(H,23,24,25). The lowest BCUT2D eigenvalue weighted by Gasteiger charge is -2.15. The van der Waals surface area contributed by atoms with Crippen LogP contribution < -0.4 is 0 Å². The van der Waals surface area contributed by atoms with Crippen LogP contribution in [0.3, 0.4) is 0 Å². The molecule has 0 bridgehead atoms. The Morgan fingerprint density at radius 3 is 2.24 bits per heavy atom. The van der Waals surface area contributed by atoms with Crippen LogP contribution in [0.4, 0.5) is 0 Å². The van der Waals surface area contributed by atoms with Crippen molar-refractivity contribution < 1.29 is 41.9 Å². The van der Waals surface area contributed by atoms with Gasteiger partial charge in [0.15, 0.2) is 5.25 Å². The Bertz CT molecular complexity index is 574. The third-order valence-corrected chi connectivity index (χ3v) is 5.03. The van der Waals surface area contributed by atoms with Crippen molar-refractivity contribution in [1.82, 2.24) is 0 Å². The van der Waals surface area contributed by atoms with E-state index >= 15 is 0 Å². The van der Waals surface area contributed by atoms with Gasteiger partial charge in [-0.1, -0.05) is 51.5 Å². The molecule has 0 fully saturated rings. The largest absolute Gasteiger partial charge is 0.466 e. The zero-order valence-electron chi connectivity index (χ0n) is 17.1. The molecule has 0 aromatic carbocycles. The quantitative estimate of drug-likeness (QED) is 0.142.